The second-order valence-corrected chi connectivity index (χ2v) is 3.94. The van der Waals surface area contributed by atoms with E-state index in [4.69, 9.17) is 9.47 Å². The summed E-state index contributed by atoms with van der Waals surface area (Å²) in [6, 6.07) is 8.12. The van der Waals surface area contributed by atoms with E-state index in [2.05, 4.69) is 18.3 Å². The van der Waals surface area contributed by atoms with Crippen LogP contribution in [0.2, 0.25) is 0 Å². The molecule has 0 aliphatic carbocycles. The molecule has 1 N–H and O–H groups in total. The van der Waals surface area contributed by atoms with Crippen molar-refractivity contribution in [2.24, 2.45) is 0 Å². The Labute approximate surface area is 104 Å². The van der Waals surface area contributed by atoms with Crippen LogP contribution in [0.3, 0.4) is 0 Å². The van der Waals surface area contributed by atoms with Crippen LogP contribution in [0.4, 0.5) is 0 Å². The zero-order chi connectivity index (χ0) is 12.5. The number of para-hydroxylation sites is 1. The van der Waals surface area contributed by atoms with Gasteiger partial charge in [0.25, 0.3) is 0 Å². The number of hydrogen-bond donors (Lipinski definition) is 1. The summed E-state index contributed by atoms with van der Waals surface area (Å²) >= 11 is 0. The van der Waals surface area contributed by atoms with Crippen molar-refractivity contribution in [3.8, 4) is 5.75 Å². The minimum atomic E-state index is 0.249. The van der Waals surface area contributed by atoms with Gasteiger partial charge in [0, 0.05) is 25.3 Å². The Kier molecular flexibility index (Phi) is 6.67. The van der Waals surface area contributed by atoms with Gasteiger partial charge < -0.3 is 14.8 Å². The van der Waals surface area contributed by atoms with Crippen LogP contribution in [0.25, 0.3) is 0 Å². The summed E-state index contributed by atoms with van der Waals surface area (Å²) in [5, 5.41) is 3.38. The molecule has 1 aromatic carbocycles. The SMILES string of the molecule is CCOc1ccccc1CNCC(C)OCC. The van der Waals surface area contributed by atoms with Gasteiger partial charge in [-0.25, -0.2) is 0 Å². The monoisotopic (exact) mass is 237 g/mol. The summed E-state index contributed by atoms with van der Waals surface area (Å²) in [6.07, 6.45) is 0.249. The van der Waals surface area contributed by atoms with Crippen LogP contribution < -0.4 is 10.1 Å². The second kappa shape index (κ2) is 8.09. The van der Waals surface area contributed by atoms with Crippen molar-refractivity contribution in [1.82, 2.24) is 5.32 Å². The number of rotatable bonds is 8. The van der Waals surface area contributed by atoms with Crippen molar-refractivity contribution in [3.63, 3.8) is 0 Å². The lowest BCUT2D eigenvalue weighted by Gasteiger charge is -2.14. The van der Waals surface area contributed by atoms with Gasteiger partial charge in [0.1, 0.15) is 5.75 Å². The third-order valence-corrected chi connectivity index (χ3v) is 2.47. The summed E-state index contributed by atoms with van der Waals surface area (Å²) in [4.78, 5) is 0. The first-order valence-electron chi connectivity index (χ1n) is 6.30. The fraction of sp³-hybridized carbons (Fsp3) is 0.571. The van der Waals surface area contributed by atoms with Crippen LogP contribution in [-0.4, -0.2) is 25.9 Å². The molecule has 0 aliphatic heterocycles. The van der Waals surface area contributed by atoms with Crippen LogP contribution in [0.1, 0.15) is 26.3 Å². The van der Waals surface area contributed by atoms with Gasteiger partial charge in [0.2, 0.25) is 0 Å². The molecule has 0 aliphatic rings. The minimum absolute atomic E-state index is 0.249. The molecule has 1 rings (SSSR count). The standard InChI is InChI=1S/C14H23NO2/c1-4-16-12(3)10-15-11-13-8-6-7-9-14(13)17-5-2/h6-9,12,15H,4-5,10-11H2,1-3H3. The molecule has 1 unspecified atom stereocenters. The van der Waals surface area contributed by atoms with Crippen LogP contribution in [-0.2, 0) is 11.3 Å². The first kappa shape index (κ1) is 14.0. The van der Waals surface area contributed by atoms with Gasteiger partial charge in [-0.3, -0.25) is 0 Å². The van der Waals surface area contributed by atoms with Crippen molar-refractivity contribution >= 4 is 0 Å². The maximum atomic E-state index is 5.57. The minimum Gasteiger partial charge on any atom is -0.494 e. The highest BCUT2D eigenvalue weighted by molar-refractivity contribution is 5.33. The number of nitrogens with one attached hydrogen (secondary N) is 1. The van der Waals surface area contributed by atoms with E-state index in [0.717, 1.165) is 25.4 Å². The lowest BCUT2D eigenvalue weighted by Crippen LogP contribution is -2.26. The third-order valence-electron chi connectivity index (χ3n) is 2.47. The molecule has 0 saturated carbocycles. The van der Waals surface area contributed by atoms with Crippen LogP contribution in [0, 0.1) is 0 Å². The molecule has 0 spiro atoms. The Morgan fingerprint density at radius 3 is 2.65 bits per heavy atom. The van der Waals surface area contributed by atoms with Gasteiger partial charge in [-0.15, -0.1) is 0 Å². The van der Waals surface area contributed by atoms with Gasteiger partial charge in [-0.1, -0.05) is 18.2 Å². The molecule has 96 valence electrons. The molecule has 0 fully saturated rings. The second-order valence-electron chi connectivity index (χ2n) is 3.94. The molecule has 3 nitrogen and oxygen atoms in total. The van der Waals surface area contributed by atoms with Gasteiger partial charge in [0.15, 0.2) is 0 Å². The molecule has 17 heavy (non-hydrogen) atoms. The first-order chi connectivity index (χ1) is 8.27. The van der Waals surface area contributed by atoms with Crippen molar-refractivity contribution in [1.29, 1.82) is 0 Å². The highest BCUT2D eigenvalue weighted by Gasteiger charge is 2.03. The first-order valence-corrected chi connectivity index (χ1v) is 6.30. The van der Waals surface area contributed by atoms with Crippen LogP contribution >= 0.6 is 0 Å². The molecular formula is C14H23NO2. The van der Waals surface area contributed by atoms with E-state index in [1.54, 1.807) is 0 Å². The van der Waals surface area contributed by atoms with Gasteiger partial charge in [-0.05, 0) is 26.8 Å². The molecule has 3 heteroatoms. The Morgan fingerprint density at radius 1 is 1.18 bits per heavy atom. The molecule has 0 amide bonds. The molecule has 0 aromatic heterocycles. The Balaban J connectivity index is 2.40. The van der Waals surface area contributed by atoms with Crippen molar-refractivity contribution < 1.29 is 9.47 Å². The predicted molar refractivity (Wildman–Crippen MR) is 70.4 cm³/mol. The highest BCUT2D eigenvalue weighted by Crippen LogP contribution is 2.17. The Hall–Kier alpha value is -1.06. The zero-order valence-electron chi connectivity index (χ0n) is 11.0. The molecule has 0 bridgehead atoms. The Bertz CT molecular complexity index is 315. The van der Waals surface area contributed by atoms with Crippen LogP contribution in [0.15, 0.2) is 24.3 Å². The average Bonchev–Trinajstić information content (AvgIpc) is 2.32. The Morgan fingerprint density at radius 2 is 1.94 bits per heavy atom. The largest absolute Gasteiger partial charge is 0.494 e. The molecule has 0 radical (unpaired) electrons. The molecule has 0 heterocycles. The van der Waals surface area contributed by atoms with E-state index in [9.17, 15) is 0 Å². The van der Waals surface area contributed by atoms with Crippen molar-refractivity contribution in [2.75, 3.05) is 19.8 Å². The van der Waals surface area contributed by atoms with E-state index in [1.807, 2.05) is 32.0 Å². The van der Waals surface area contributed by atoms with Gasteiger partial charge >= 0.3 is 0 Å². The summed E-state index contributed by atoms with van der Waals surface area (Å²) in [7, 11) is 0. The fourth-order valence-electron chi connectivity index (χ4n) is 1.70. The van der Waals surface area contributed by atoms with E-state index >= 15 is 0 Å². The van der Waals surface area contributed by atoms with E-state index in [0.29, 0.717) is 6.61 Å². The number of benzene rings is 1. The van der Waals surface area contributed by atoms with Gasteiger partial charge in [0.05, 0.1) is 12.7 Å². The average molecular weight is 237 g/mol. The van der Waals surface area contributed by atoms with E-state index in [1.165, 1.54) is 5.56 Å². The fourth-order valence-corrected chi connectivity index (χ4v) is 1.70. The van der Waals surface area contributed by atoms with E-state index < -0.39 is 0 Å². The number of hydrogen-bond acceptors (Lipinski definition) is 3. The van der Waals surface area contributed by atoms with Crippen molar-refractivity contribution in [2.45, 2.75) is 33.4 Å². The molecule has 0 saturated heterocycles. The normalized spacial score (nSPS) is 12.4. The van der Waals surface area contributed by atoms with E-state index in [-0.39, 0.29) is 6.10 Å². The summed E-state index contributed by atoms with van der Waals surface area (Å²) in [6.45, 7) is 9.22. The number of ether oxygens (including phenoxy) is 2. The molecule has 1 aromatic rings. The topological polar surface area (TPSA) is 30.5 Å². The maximum Gasteiger partial charge on any atom is 0.123 e. The summed E-state index contributed by atoms with van der Waals surface area (Å²) in [5.74, 6) is 0.964. The summed E-state index contributed by atoms with van der Waals surface area (Å²) < 4.78 is 11.0. The third kappa shape index (κ3) is 5.20. The van der Waals surface area contributed by atoms with Gasteiger partial charge in [-0.2, -0.15) is 0 Å². The molecule has 1 atom stereocenters. The van der Waals surface area contributed by atoms with Crippen LogP contribution in [0.5, 0.6) is 5.75 Å². The summed E-state index contributed by atoms with van der Waals surface area (Å²) in [5.41, 5.74) is 1.19. The van der Waals surface area contributed by atoms with Crippen molar-refractivity contribution in [3.05, 3.63) is 29.8 Å². The maximum absolute atomic E-state index is 5.57. The quantitative estimate of drug-likeness (QED) is 0.754. The zero-order valence-corrected chi connectivity index (χ0v) is 11.0. The molecular weight excluding hydrogens is 214 g/mol. The lowest BCUT2D eigenvalue weighted by molar-refractivity contribution is 0.0759. The smallest absolute Gasteiger partial charge is 0.123 e. The highest BCUT2D eigenvalue weighted by atomic mass is 16.5. The lowest BCUT2D eigenvalue weighted by atomic mass is 10.2. The predicted octanol–water partition coefficient (Wildman–Crippen LogP) is 2.60.